The van der Waals surface area contributed by atoms with Crippen LogP contribution in [0.1, 0.15) is 5.56 Å². The first kappa shape index (κ1) is 13.3. The predicted molar refractivity (Wildman–Crippen MR) is 87.2 cm³/mol. The van der Waals surface area contributed by atoms with Crippen LogP contribution in [0, 0.1) is 6.92 Å². The van der Waals surface area contributed by atoms with Crippen molar-refractivity contribution >= 4 is 34.2 Å². The number of benzene rings is 2. The Morgan fingerprint density at radius 2 is 2.00 bits per heavy atom. The Hall–Kier alpha value is -2.69. The summed E-state index contributed by atoms with van der Waals surface area (Å²) in [6.45, 7) is 2.08. The van der Waals surface area contributed by atoms with Crippen molar-refractivity contribution < 1.29 is 4.42 Å². The van der Waals surface area contributed by atoms with Crippen LogP contribution in [0.15, 0.2) is 40.8 Å². The molecule has 0 aliphatic carbocycles. The van der Waals surface area contributed by atoms with Crippen molar-refractivity contribution in [3.63, 3.8) is 0 Å². The molecule has 0 fully saturated rings. The van der Waals surface area contributed by atoms with Gasteiger partial charge in [0.15, 0.2) is 5.58 Å². The van der Waals surface area contributed by atoms with Crippen LogP contribution in [-0.4, -0.2) is 19.1 Å². The maximum absolute atomic E-state index is 5.89. The lowest BCUT2D eigenvalue weighted by Gasteiger charge is -2.16. The number of hydrogen-bond acceptors (Lipinski definition) is 5. The molecule has 108 valence electrons. The zero-order valence-corrected chi connectivity index (χ0v) is 12.3. The zero-order valence-electron chi connectivity index (χ0n) is 12.3. The Labute approximate surface area is 123 Å². The van der Waals surface area contributed by atoms with Crippen LogP contribution in [0.3, 0.4) is 0 Å². The fraction of sp³-hybridized carbons (Fsp3) is 0.188. The predicted octanol–water partition coefficient (Wildman–Crippen LogP) is 3.53. The summed E-state index contributed by atoms with van der Waals surface area (Å²) in [6.07, 6.45) is 0. The van der Waals surface area contributed by atoms with E-state index in [2.05, 4.69) is 34.3 Å². The summed E-state index contributed by atoms with van der Waals surface area (Å²) in [7, 11) is 4.04. The van der Waals surface area contributed by atoms with Crippen LogP contribution in [0.25, 0.3) is 11.1 Å². The Balaban J connectivity index is 1.95. The van der Waals surface area contributed by atoms with Gasteiger partial charge < -0.3 is 20.4 Å². The van der Waals surface area contributed by atoms with E-state index in [0.29, 0.717) is 22.8 Å². The number of nitrogens with zero attached hydrogens (tertiary/aromatic N) is 2. The molecular weight excluding hydrogens is 264 g/mol. The molecule has 0 saturated carbocycles. The van der Waals surface area contributed by atoms with Crippen LogP contribution in [0.5, 0.6) is 0 Å². The van der Waals surface area contributed by atoms with Gasteiger partial charge in [0.25, 0.3) is 6.01 Å². The van der Waals surface area contributed by atoms with Crippen LogP contribution >= 0.6 is 0 Å². The molecule has 21 heavy (non-hydrogen) atoms. The first-order valence-corrected chi connectivity index (χ1v) is 6.74. The van der Waals surface area contributed by atoms with E-state index in [1.165, 1.54) is 5.56 Å². The lowest BCUT2D eigenvalue weighted by atomic mass is 10.1. The molecular formula is C16H18N4O. The summed E-state index contributed by atoms with van der Waals surface area (Å²) in [4.78, 5) is 6.46. The van der Waals surface area contributed by atoms with Gasteiger partial charge in [-0.25, -0.2) is 0 Å². The molecule has 0 bridgehead atoms. The fourth-order valence-electron chi connectivity index (χ4n) is 2.32. The van der Waals surface area contributed by atoms with Crippen molar-refractivity contribution in [2.24, 2.45) is 0 Å². The van der Waals surface area contributed by atoms with Gasteiger partial charge in [-0.05, 0) is 36.8 Å². The summed E-state index contributed by atoms with van der Waals surface area (Å²) in [6, 6.07) is 12.1. The standard InChI is InChI=1S/C16H18N4O/c1-10-7-8-11(9-13(10)20(2)3)18-16-19-15-12(17)5-4-6-14(15)21-16/h4-9H,17H2,1-3H3,(H,18,19). The third kappa shape index (κ3) is 2.50. The minimum absolute atomic E-state index is 0.441. The quantitative estimate of drug-likeness (QED) is 0.719. The van der Waals surface area contributed by atoms with E-state index >= 15 is 0 Å². The number of aryl methyl sites for hydroxylation is 1. The number of nitrogen functional groups attached to an aromatic ring is 1. The van der Waals surface area contributed by atoms with E-state index in [1.807, 2.05) is 38.4 Å². The topological polar surface area (TPSA) is 67.3 Å². The van der Waals surface area contributed by atoms with Gasteiger partial charge in [0.05, 0.1) is 5.69 Å². The Bertz CT molecular complexity index is 792. The third-order valence-corrected chi connectivity index (χ3v) is 3.39. The van der Waals surface area contributed by atoms with Gasteiger partial charge in [0, 0.05) is 25.5 Å². The first-order chi connectivity index (χ1) is 10.0. The number of aromatic nitrogens is 1. The number of rotatable bonds is 3. The highest BCUT2D eigenvalue weighted by Crippen LogP contribution is 2.28. The van der Waals surface area contributed by atoms with Gasteiger partial charge in [-0.1, -0.05) is 12.1 Å². The summed E-state index contributed by atoms with van der Waals surface area (Å²) >= 11 is 0. The van der Waals surface area contributed by atoms with Crippen LogP contribution in [0.4, 0.5) is 23.1 Å². The van der Waals surface area contributed by atoms with E-state index in [0.717, 1.165) is 11.4 Å². The van der Waals surface area contributed by atoms with Crippen molar-refractivity contribution in [2.45, 2.75) is 6.92 Å². The van der Waals surface area contributed by atoms with Gasteiger partial charge in [-0.3, -0.25) is 0 Å². The molecule has 5 heteroatoms. The summed E-state index contributed by atoms with van der Waals surface area (Å²) < 4.78 is 5.67. The first-order valence-electron chi connectivity index (χ1n) is 6.74. The number of fused-ring (bicyclic) bond motifs is 1. The van der Waals surface area contributed by atoms with E-state index in [1.54, 1.807) is 0 Å². The van der Waals surface area contributed by atoms with Gasteiger partial charge in [-0.15, -0.1) is 0 Å². The molecule has 0 radical (unpaired) electrons. The van der Waals surface area contributed by atoms with Gasteiger partial charge in [0.2, 0.25) is 0 Å². The average molecular weight is 282 g/mol. The van der Waals surface area contributed by atoms with E-state index < -0.39 is 0 Å². The minimum Gasteiger partial charge on any atom is -0.423 e. The van der Waals surface area contributed by atoms with Crippen molar-refractivity contribution in [3.8, 4) is 0 Å². The zero-order chi connectivity index (χ0) is 15.0. The highest BCUT2D eigenvalue weighted by molar-refractivity contribution is 5.86. The summed E-state index contributed by atoms with van der Waals surface area (Å²) in [5.74, 6) is 0. The summed E-state index contributed by atoms with van der Waals surface area (Å²) in [5, 5.41) is 3.18. The van der Waals surface area contributed by atoms with Gasteiger partial charge in [-0.2, -0.15) is 4.98 Å². The van der Waals surface area contributed by atoms with Crippen LogP contribution < -0.4 is 16.0 Å². The van der Waals surface area contributed by atoms with Crippen LogP contribution in [0.2, 0.25) is 0 Å². The lowest BCUT2D eigenvalue weighted by molar-refractivity contribution is 0.623. The SMILES string of the molecule is Cc1ccc(Nc2nc3c(N)cccc3o2)cc1N(C)C. The number of anilines is 4. The molecule has 0 spiro atoms. The molecule has 0 amide bonds. The third-order valence-electron chi connectivity index (χ3n) is 3.39. The Morgan fingerprint density at radius 3 is 2.71 bits per heavy atom. The van der Waals surface area contributed by atoms with Crippen molar-refractivity contribution in [2.75, 3.05) is 30.0 Å². The molecule has 5 nitrogen and oxygen atoms in total. The second kappa shape index (κ2) is 5.01. The number of para-hydroxylation sites is 1. The second-order valence-corrected chi connectivity index (χ2v) is 5.23. The molecule has 3 aromatic rings. The monoisotopic (exact) mass is 282 g/mol. The fourth-order valence-corrected chi connectivity index (χ4v) is 2.32. The number of nitrogens with one attached hydrogen (secondary N) is 1. The van der Waals surface area contributed by atoms with Crippen LogP contribution in [-0.2, 0) is 0 Å². The highest BCUT2D eigenvalue weighted by Gasteiger charge is 2.09. The number of oxazole rings is 1. The average Bonchev–Trinajstić information content (AvgIpc) is 2.85. The minimum atomic E-state index is 0.441. The molecule has 0 atom stereocenters. The maximum Gasteiger partial charge on any atom is 0.300 e. The largest absolute Gasteiger partial charge is 0.423 e. The normalized spacial score (nSPS) is 10.8. The number of nitrogens with two attached hydrogens (primary N) is 1. The molecule has 0 aliphatic heterocycles. The van der Waals surface area contributed by atoms with Gasteiger partial charge in [0.1, 0.15) is 5.52 Å². The molecule has 1 aromatic heterocycles. The molecule has 0 aliphatic rings. The van der Waals surface area contributed by atoms with E-state index in [-0.39, 0.29) is 0 Å². The molecule has 3 rings (SSSR count). The molecule has 1 heterocycles. The van der Waals surface area contributed by atoms with Crippen molar-refractivity contribution in [3.05, 3.63) is 42.0 Å². The smallest absolute Gasteiger partial charge is 0.300 e. The van der Waals surface area contributed by atoms with Crippen molar-refractivity contribution in [1.29, 1.82) is 0 Å². The Morgan fingerprint density at radius 1 is 1.19 bits per heavy atom. The van der Waals surface area contributed by atoms with E-state index in [4.69, 9.17) is 10.2 Å². The summed E-state index contributed by atoms with van der Waals surface area (Å²) in [5.41, 5.74) is 11.2. The van der Waals surface area contributed by atoms with E-state index in [9.17, 15) is 0 Å². The number of hydrogen-bond donors (Lipinski definition) is 2. The maximum atomic E-state index is 5.89. The van der Waals surface area contributed by atoms with Crippen molar-refractivity contribution in [1.82, 2.24) is 4.98 Å². The molecule has 3 N–H and O–H groups in total. The second-order valence-electron chi connectivity index (χ2n) is 5.23. The molecule has 0 unspecified atom stereocenters. The Kier molecular flexibility index (Phi) is 3.17. The molecule has 0 saturated heterocycles. The highest BCUT2D eigenvalue weighted by atomic mass is 16.4. The van der Waals surface area contributed by atoms with Gasteiger partial charge >= 0.3 is 0 Å². The lowest BCUT2D eigenvalue weighted by Crippen LogP contribution is -2.10. The molecule has 2 aromatic carbocycles.